The molecule has 8 heteroatoms. The summed E-state index contributed by atoms with van der Waals surface area (Å²) >= 11 is 1.37. The number of thiazole rings is 1. The van der Waals surface area contributed by atoms with Gasteiger partial charge in [-0.1, -0.05) is 41.7 Å². The van der Waals surface area contributed by atoms with Crippen LogP contribution in [0, 0.1) is 13.8 Å². The Balaban J connectivity index is 1.73. The maximum atomic E-state index is 13.3. The van der Waals surface area contributed by atoms with Crippen molar-refractivity contribution in [2.45, 2.75) is 25.3 Å². The van der Waals surface area contributed by atoms with Crippen LogP contribution in [-0.4, -0.2) is 30.0 Å². The summed E-state index contributed by atoms with van der Waals surface area (Å²) in [5.74, 6) is -1.18. The van der Waals surface area contributed by atoms with Crippen molar-refractivity contribution < 1.29 is 13.2 Å². The van der Waals surface area contributed by atoms with Crippen LogP contribution in [0.4, 0.5) is 5.13 Å². The van der Waals surface area contributed by atoms with E-state index in [1.54, 1.807) is 36.5 Å². The van der Waals surface area contributed by atoms with Gasteiger partial charge in [0.05, 0.1) is 27.4 Å². The normalized spacial score (nSPS) is 11.5. The van der Waals surface area contributed by atoms with Crippen molar-refractivity contribution in [3.05, 3.63) is 83.7 Å². The fourth-order valence-corrected chi connectivity index (χ4v) is 5.46. The number of anilines is 1. The van der Waals surface area contributed by atoms with E-state index < -0.39 is 21.5 Å². The summed E-state index contributed by atoms with van der Waals surface area (Å²) in [6.07, 6.45) is 1.64. The van der Waals surface area contributed by atoms with Crippen molar-refractivity contribution in [1.29, 1.82) is 0 Å². The quantitative estimate of drug-likeness (QED) is 0.436. The van der Waals surface area contributed by atoms with Gasteiger partial charge in [0.25, 0.3) is 0 Å². The van der Waals surface area contributed by atoms with E-state index in [1.807, 2.05) is 32.0 Å². The zero-order valence-electron chi connectivity index (χ0n) is 17.1. The molecule has 0 bridgehead atoms. The first kappa shape index (κ1) is 21.1. The molecule has 6 nitrogen and oxygen atoms in total. The minimum absolute atomic E-state index is 0.122. The molecule has 0 saturated carbocycles. The van der Waals surface area contributed by atoms with Crippen molar-refractivity contribution in [2.75, 3.05) is 10.7 Å². The number of aryl methyl sites for hydroxylation is 2. The summed E-state index contributed by atoms with van der Waals surface area (Å²) in [7, 11) is -3.78. The molecule has 0 saturated heterocycles. The molecule has 0 aliphatic rings. The third-order valence-corrected chi connectivity index (χ3v) is 7.73. The monoisotopic (exact) mass is 451 g/mol. The molecule has 0 spiro atoms. The Morgan fingerprint density at radius 1 is 1.00 bits per heavy atom. The van der Waals surface area contributed by atoms with Gasteiger partial charge in [-0.25, -0.2) is 13.4 Å². The van der Waals surface area contributed by atoms with Crippen LogP contribution in [0.15, 0.2) is 71.8 Å². The van der Waals surface area contributed by atoms with Crippen LogP contribution in [0.25, 0.3) is 10.2 Å². The topological polar surface area (TPSA) is 80.2 Å². The number of aromatic nitrogens is 2. The number of carbonyl (C=O) groups is 1. The Kier molecular flexibility index (Phi) is 5.84. The van der Waals surface area contributed by atoms with E-state index in [-0.39, 0.29) is 11.4 Å². The Labute approximate surface area is 185 Å². The second-order valence-corrected chi connectivity index (χ2v) is 10.2. The third kappa shape index (κ3) is 4.50. The number of hydrogen-bond acceptors (Lipinski definition) is 6. The fraction of sp³-hybridized carbons (Fsp3) is 0.174. The highest BCUT2D eigenvalue weighted by Crippen LogP contribution is 2.33. The molecule has 0 fully saturated rings. The van der Waals surface area contributed by atoms with Gasteiger partial charge in [0, 0.05) is 6.20 Å². The van der Waals surface area contributed by atoms with E-state index in [1.165, 1.54) is 28.4 Å². The summed E-state index contributed by atoms with van der Waals surface area (Å²) in [4.78, 5) is 23.8. The average Bonchev–Trinajstić information content (AvgIpc) is 3.20. The van der Waals surface area contributed by atoms with Gasteiger partial charge in [0.15, 0.2) is 15.0 Å². The summed E-state index contributed by atoms with van der Waals surface area (Å²) in [5.41, 5.74) is 3.63. The smallest absolute Gasteiger partial charge is 0.244 e. The first-order valence-electron chi connectivity index (χ1n) is 9.70. The highest BCUT2D eigenvalue weighted by Gasteiger charge is 2.27. The third-order valence-electron chi connectivity index (χ3n) is 5.07. The number of benzene rings is 2. The van der Waals surface area contributed by atoms with Crippen molar-refractivity contribution in [3.63, 3.8) is 0 Å². The maximum Gasteiger partial charge on any atom is 0.244 e. The number of rotatable bonds is 6. The van der Waals surface area contributed by atoms with Crippen molar-refractivity contribution in [3.8, 4) is 0 Å². The molecular weight excluding hydrogens is 430 g/mol. The summed E-state index contributed by atoms with van der Waals surface area (Å²) in [6, 6.07) is 17.4. The number of nitrogens with zero attached hydrogens (tertiary/aromatic N) is 3. The van der Waals surface area contributed by atoms with Crippen molar-refractivity contribution in [1.82, 2.24) is 9.97 Å². The maximum absolute atomic E-state index is 13.3. The van der Waals surface area contributed by atoms with E-state index in [0.717, 1.165) is 21.3 Å². The Morgan fingerprint density at radius 3 is 2.45 bits per heavy atom. The lowest BCUT2D eigenvalue weighted by Crippen LogP contribution is -2.35. The van der Waals surface area contributed by atoms with Gasteiger partial charge >= 0.3 is 0 Å². The molecule has 2 aromatic heterocycles. The number of fused-ring (bicyclic) bond motifs is 1. The fourth-order valence-electron chi connectivity index (χ4n) is 3.20. The van der Waals surface area contributed by atoms with Gasteiger partial charge in [-0.3, -0.25) is 14.7 Å². The van der Waals surface area contributed by atoms with E-state index in [2.05, 4.69) is 4.98 Å². The van der Waals surface area contributed by atoms with Gasteiger partial charge in [-0.2, -0.15) is 0 Å². The van der Waals surface area contributed by atoms with Crippen molar-refractivity contribution in [2.24, 2.45) is 0 Å². The molecule has 0 atom stereocenters. The highest BCUT2D eigenvalue weighted by molar-refractivity contribution is 7.92. The lowest BCUT2D eigenvalue weighted by atomic mass is 10.1. The second kappa shape index (κ2) is 8.56. The number of hydrogen-bond donors (Lipinski definition) is 0. The first-order valence-corrected chi connectivity index (χ1v) is 12.2. The molecule has 4 rings (SSSR count). The predicted octanol–water partition coefficient (Wildman–Crippen LogP) is 4.32. The largest absolute Gasteiger partial charge is 0.281 e. The Morgan fingerprint density at radius 2 is 1.74 bits per heavy atom. The second-order valence-electron chi connectivity index (χ2n) is 7.22. The number of amides is 1. The lowest BCUT2D eigenvalue weighted by molar-refractivity contribution is -0.116. The first-order chi connectivity index (χ1) is 14.8. The summed E-state index contributed by atoms with van der Waals surface area (Å²) < 4.78 is 26.6. The molecule has 2 heterocycles. The van der Waals surface area contributed by atoms with Gasteiger partial charge in [-0.15, -0.1) is 0 Å². The van der Waals surface area contributed by atoms with Crippen LogP contribution in [0.3, 0.4) is 0 Å². The van der Waals surface area contributed by atoms with Gasteiger partial charge < -0.3 is 0 Å². The van der Waals surface area contributed by atoms with E-state index >= 15 is 0 Å². The zero-order valence-corrected chi connectivity index (χ0v) is 18.8. The van der Waals surface area contributed by atoms with E-state index in [0.29, 0.717) is 10.8 Å². The highest BCUT2D eigenvalue weighted by atomic mass is 32.2. The van der Waals surface area contributed by atoms with Crippen LogP contribution in [0.1, 0.15) is 16.8 Å². The molecule has 4 aromatic rings. The number of pyridine rings is 1. The molecule has 0 aliphatic carbocycles. The minimum Gasteiger partial charge on any atom is -0.281 e. The molecule has 0 aliphatic heterocycles. The summed E-state index contributed by atoms with van der Waals surface area (Å²) in [6.45, 7) is 4.14. The Bertz CT molecular complexity index is 1330. The van der Waals surface area contributed by atoms with Gasteiger partial charge in [0.1, 0.15) is 5.75 Å². The van der Waals surface area contributed by atoms with Crippen LogP contribution in [0.5, 0.6) is 0 Å². The van der Waals surface area contributed by atoms with Crippen molar-refractivity contribution >= 4 is 42.4 Å². The van der Waals surface area contributed by atoms with Gasteiger partial charge in [0.2, 0.25) is 5.91 Å². The van der Waals surface area contributed by atoms with Crippen LogP contribution in [-0.2, 0) is 21.2 Å². The van der Waals surface area contributed by atoms with E-state index in [4.69, 9.17) is 4.98 Å². The number of sulfone groups is 1. The number of carbonyl (C=O) groups excluding carboxylic acids is 1. The zero-order chi connectivity index (χ0) is 22.0. The molecular formula is C23H21N3O3S2. The standard InChI is InChI=1S/C23H21N3O3S2/c1-16-11-12-20-22(17(16)2)25-23(30-20)26(14-18-8-6-7-13-24-18)21(27)15-31(28,29)19-9-4-3-5-10-19/h3-13H,14-15H2,1-2H3. The summed E-state index contributed by atoms with van der Waals surface area (Å²) in [5, 5.41) is 0.461. The molecule has 2 aromatic carbocycles. The molecule has 31 heavy (non-hydrogen) atoms. The molecule has 158 valence electrons. The van der Waals surface area contributed by atoms with Crippen LogP contribution < -0.4 is 4.90 Å². The van der Waals surface area contributed by atoms with Crippen LogP contribution >= 0.6 is 11.3 Å². The minimum atomic E-state index is -3.78. The van der Waals surface area contributed by atoms with E-state index in [9.17, 15) is 13.2 Å². The molecule has 0 N–H and O–H groups in total. The molecule has 0 radical (unpaired) electrons. The SMILES string of the molecule is Cc1ccc2sc(N(Cc3ccccn3)C(=O)CS(=O)(=O)c3ccccc3)nc2c1C. The lowest BCUT2D eigenvalue weighted by Gasteiger charge is -2.19. The Hall–Kier alpha value is -3.10. The molecule has 0 unspecified atom stereocenters. The predicted molar refractivity (Wildman–Crippen MR) is 123 cm³/mol. The van der Waals surface area contributed by atoms with Gasteiger partial charge in [-0.05, 0) is 55.3 Å². The molecule has 1 amide bonds. The average molecular weight is 452 g/mol. The van der Waals surface area contributed by atoms with Crippen LogP contribution in [0.2, 0.25) is 0 Å².